The average Bonchev–Trinajstić information content (AvgIpc) is 2.47. The molecule has 0 bridgehead atoms. The van der Waals surface area contributed by atoms with Crippen LogP contribution in [0.1, 0.15) is 39.5 Å². The summed E-state index contributed by atoms with van der Waals surface area (Å²) < 4.78 is 0. The van der Waals surface area contributed by atoms with Gasteiger partial charge in [0.25, 0.3) is 0 Å². The molecule has 0 saturated carbocycles. The fourth-order valence-corrected chi connectivity index (χ4v) is 2.92. The molecule has 1 unspecified atom stereocenters. The predicted molar refractivity (Wildman–Crippen MR) is 78.9 cm³/mol. The molecule has 0 aliphatic carbocycles. The third-order valence-electron chi connectivity index (χ3n) is 4.02. The maximum Gasteiger partial charge on any atom is 0.128 e. The highest BCUT2D eigenvalue weighted by atomic mass is 15.1. The molecule has 19 heavy (non-hydrogen) atoms. The first kappa shape index (κ1) is 13.9. The van der Waals surface area contributed by atoms with E-state index in [9.17, 15) is 5.26 Å². The van der Waals surface area contributed by atoms with Crippen LogP contribution in [0.25, 0.3) is 0 Å². The van der Waals surface area contributed by atoms with Gasteiger partial charge in [0, 0.05) is 17.8 Å². The van der Waals surface area contributed by atoms with Crippen LogP contribution in [0.15, 0.2) is 30.3 Å². The van der Waals surface area contributed by atoms with Crippen molar-refractivity contribution in [2.75, 3.05) is 5.32 Å². The van der Waals surface area contributed by atoms with Crippen molar-refractivity contribution < 1.29 is 0 Å². The van der Waals surface area contributed by atoms with E-state index < -0.39 is 5.54 Å². The van der Waals surface area contributed by atoms with Crippen molar-refractivity contribution in [3.05, 3.63) is 30.3 Å². The van der Waals surface area contributed by atoms with E-state index in [2.05, 4.69) is 30.6 Å². The van der Waals surface area contributed by atoms with Crippen LogP contribution >= 0.6 is 0 Å². The van der Waals surface area contributed by atoms with Crippen LogP contribution in [0.4, 0.5) is 5.69 Å². The number of rotatable bonds is 4. The summed E-state index contributed by atoms with van der Waals surface area (Å²) in [6.07, 6.45) is 3.86. The highest BCUT2D eigenvalue weighted by Gasteiger charge is 2.39. The molecule has 2 rings (SSSR count). The van der Waals surface area contributed by atoms with Gasteiger partial charge in [-0.2, -0.15) is 5.26 Å². The molecule has 1 heterocycles. The highest BCUT2D eigenvalue weighted by molar-refractivity contribution is 5.48. The van der Waals surface area contributed by atoms with Crippen LogP contribution in [0, 0.1) is 11.3 Å². The molecule has 3 heteroatoms. The largest absolute Gasteiger partial charge is 0.367 e. The highest BCUT2D eigenvalue weighted by Crippen LogP contribution is 2.30. The summed E-state index contributed by atoms with van der Waals surface area (Å²) in [4.78, 5) is 0. The van der Waals surface area contributed by atoms with Crippen molar-refractivity contribution in [1.29, 1.82) is 5.26 Å². The monoisotopic (exact) mass is 257 g/mol. The van der Waals surface area contributed by atoms with Gasteiger partial charge in [0.05, 0.1) is 6.07 Å². The lowest BCUT2D eigenvalue weighted by molar-refractivity contribution is 0.252. The molecule has 1 fully saturated rings. The number of nitrogens with one attached hydrogen (secondary N) is 2. The van der Waals surface area contributed by atoms with E-state index in [1.807, 2.05) is 30.3 Å². The SMILES string of the molecule is CC[C@@H]1CC(C#N)(Nc2ccccc2)C[C@H](CC)N1. The van der Waals surface area contributed by atoms with Crippen molar-refractivity contribution >= 4 is 5.69 Å². The van der Waals surface area contributed by atoms with Gasteiger partial charge in [-0.25, -0.2) is 0 Å². The molecule has 3 atom stereocenters. The Labute approximate surface area is 116 Å². The van der Waals surface area contributed by atoms with E-state index in [1.165, 1.54) is 0 Å². The summed E-state index contributed by atoms with van der Waals surface area (Å²) in [6.45, 7) is 4.36. The number of benzene rings is 1. The van der Waals surface area contributed by atoms with Gasteiger partial charge in [0.2, 0.25) is 0 Å². The molecule has 0 radical (unpaired) electrons. The topological polar surface area (TPSA) is 47.9 Å². The Balaban J connectivity index is 2.18. The normalized spacial score (nSPS) is 30.6. The van der Waals surface area contributed by atoms with E-state index in [0.717, 1.165) is 31.4 Å². The van der Waals surface area contributed by atoms with Crippen molar-refractivity contribution in [3.8, 4) is 6.07 Å². The van der Waals surface area contributed by atoms with Crippen molar-refractivity contribution in [2.24, 2.45) is 0 Å². The lowest BCUT2D eigenvalue weighted by atomic mass is 9.80. The summed E-state index contributed by atoms with van der Waals surface area (Å²) in [5.74, 6) is 0. The van der Waals surface area contributed by atoms with E-state index in [0.29, 0.717) is 12.1 Å². The van der Waals surface area contributed by atoms with Gasteiger partial charge in [-0.3, -0.25) is 0 Å². The number of hydrogen-bond donors (Lipinski definition) is 2. The minimum atomic E-state index is -0.437. The van der Waals surface area contributed by atoms with Crippen LogP contribution in [-0.2, 0) is 0 Å². The second-order valence-electron chi connectivity index (χ2n) is 5.47. The maximum absolute atomic E-state index is 9.69. The second-order valence-corrected chi connectivity index (χ2v) is 5.47. The molecule has 1 aliphatic heterocycles. The van der Waals surface area contributed by atoms with Gasteiger partial charge >= 0.3 is 0 Å². The number of nitrogens with zero attached hydrogens (tertiary/aromatic N) is 1. The summed E-state index contributed by atoms with van der Waals surface area (Å²) in [7, 11) is 0. The maximum atomic E-state index is 9.69. The zero-order chi connectivity index (χ0) is 13.7. The molecule has 3 nitrogen and oxygen atoms in total. The standard InChI is InChI=1S/C16H23N3/c1-3-13-10-16(12-17,11-14(4-2)18-13)19-15-8-6-5-7-9-15/h5-9,13-14,18-19H,3-4,10-11H2,1-2H3/t13-,14+,16?. The predicted octanol–water partition coefficient (Wildman–Crippen LogP) is 3.30. The first-order chi connectivity index (χ1) is 9.21. The first-order valence-corrected chi connectivity index (χ1v) is 7.22. The Kier molecular flexibility index (Phi) is 4.44. The van der Waals surface area contributed by atoms with Crippen molar-refractivity contribution in [1.82, 2.24) is 5.32 Å². The molecule has 2 N–H and O–H groups in total. The molecule has 1 aliphatic rings. The zero-order valence-electron chi connectivity index (χ0n) is 11.8. The molecular weight excluding hydrogens is 234 g/mol. The third-order valence-corrected chi connectivity index (χ3v) is 4.02. The number of anilines is 1. The summed E-state index contributed by atoms with van der Waals surface area (Å²) in [5, 5.41) is 16.8. The minimum absolute atomic E-state index is 0.426. The van der Waals surface area contributed by atoms with Crippen molar-refractivity contribution in [2.45, 2.75) is 57.2 Å². The average molecular weight is 257 g/mol. The number of para-hydroxylation sites is 1. The van der Waals surface area contributed by atoms with Crippen LogP contribution in [0.5, 0.6) is 0 Å². The molecule has 1 aromatic carbocycles. The Hall–Kier alpha value is -1.53. The van der Waals surface area contributed by atoms with Gasteiger partial charge in [0.15, 0.2) is 0 Å². The summed E-state index contributed by atoms with van der Waals surface area (Å²) in [5.41, 5.74) is 0.601. The lowest BCUT2D eigenvalue weighted by Crippen LogP contribution is -2.55. The Bertz CT molecular complexity index is 423. The van der Waals surface area contributed by atoms with E-state index in [4.69, 9.17) is 0 Å². The number of nitriles is 1. The zero-order valence-corrected chi connectivity index (χ0v) is 11.8. The quantitative estimate of drug-likeness (QED) is 0.870. The molecule has 1 aromatic rings. The van der Waals surface area contributed by atoms with Gasteiger partial charge < -0.3 is 10.6 Å². The van der Waals surface area contributed by atoms with Crippen LogP contribution in [-0.4, -0.2) is 17.6 Å². The molecular formula is C16H23N3. The molecule has 102 valence electrons. The van der Waals surface area contributed by atoms with Gasteiger partial charge in [-0.15, -0.1) is 0 Å². The molecule has 0 aromatic heterocycles. The molecule has 0 spiro atoms. The number of hydrogen-bond acceptors (Lipinski definition) is 3. The van der Waals surface area contributed by atoms with E-state index in [1.54, 1.807) is 0 Å². The van der Waals surface area contributed by atoms with Gasteiger partial charge in [-0.1, -0.05) is 32.0 Å². The van der Waals surface area contributed by atoms with E-state index >= 15 is 0 Å². The van der Waals surface area contributed by atoms with Crippen molar-refractivity contribution in [3.63, 3.8) is 0 Å². The minimum Gasteiger partial charge on any atom is -0.367 e. The fraction of sp³-hybridized carbons (Fsp3) is 0.562. The number of piperidine rings is 1. The molecule has 1 saturated heterocycles. The van der Waals surface area contributed by atoms with E-state index in [-0.39, 0.29) is 0 Å². The Morgan fingerprint density at radius 3 is 2.26 bits per heavy atom. The van der Waals surface area contributed by atoms with Gasteiger partial charge in [0.1, 0.15) is 5.54 Å². The smallest absolute Gasteiger partial charge is 0.128 e. The summed E-state index contributed by atoms with van der Waals surface area (Å²) >= 11 is 0. The lowest BCUT2D eigenvalue weighted by Gasteiger charge is -2.42. The summed E-state index contributed by atoms with van der Waals surface area (Å²) in [6, 6.07) is 13.5. The Morgan fingerprint density at radius 2 is 1.79 bits per heavy atom. The van der Waals surface area contributed by atoms with Gasteiger partial charge in [-0.05, 0) is 37.8 Å². The third kappa shape index (κ3) is 3.27. The Morgan fingerprint density at radius 1 is 1.21 bits per heavy atom. The van der Waals surface area contributed by atoms with Crippen LogP contribution < -0.4 is 10.6 Å². The fourth-order valence-electron chi connectivity index (χ4n) is 2.92. The van der Waals surface area contributed by atoms with Crippen LogP contribution in [0.2, 0.25) is 0 Å². The second kappa shape index (κ2) is 6.08. The first-order valence-electron chi connectivity index (χ1n) is 7.22. The molecule has 0 amide bonds. The van der Waals surface area contributed by atoms with Crippen LogP contribution in [0.3, 0.4) is 0 Å².